The number of benzene rings is 1. The van der Waals surface area contributed by atoms with E-state index in [9.17, 15) is 4.79 Å². The Morgan fingerprint density at radius 2 is 2.07 bits per heavy atom. The number of hydrogen-bond donors (Lipinski definition) is 1. The summed E-state index contributed by atoms with van der Waals surface area (Å²) in [6, 6.07) is 5.30. The average Bonchev–Trinajstić information content (AvgIpc) is 3.36. The van der Waals surface area contributed by atoms with Crippen molar-refractivity contribution in [2.45, 2.75) is 33.6 Å². The molecule has 0 saturated carbocycles. The maximum atomic E-state index is 12.7. The Bertz CT molecular complexity index is 1230. The number of aryl methyl sites for hydroxylation is 3. The third-order valence-electron chi connectivity index (χ3n) is 4.84. The lowest BCUT2D eigenvalue weighted by molar-refractivity contribution is -0.116. The molecule has 0 saturated heterocycles. The highest BCUT2D eigenvalue weighted by Gasteiger charge is 2.15. The SMILES string of the molecule is COc1ccc(-c2nnc(C)o2)cc1NC(=O)CCc1c(C)nc2ncnn2c1C. The largest absolute Gasteiger partial charge is 0.495 e. The molecule has 1 N–H and O–H groups in total. The highest BCUT2D eigenvalue weighted by atomic mass is 16.5. The van der Waals surface area contributed by atoms with Gasteiger partial charge < -0.3 is 14.5 Å². The van der Waals surface area contributed by atoms with Crippen molar-refractivity contribution in [3.05, 3.63) is 47.4 Å². The molecule has 0 aliphatic heterocycles. The summed E-state index contributed by atoms with van der Waals surface area (Å²) >= 11 is 0. The molecule has 4 rings (SSSR count). The summed E-state index contributed by atoms with van der Waals surface area (Å²) in [6.45, 7) is 5.58. The number of ether oxygens (including phenoxy) is 1. The number of anilines is 1. The van der Waals surface area contributed by atoms with Gasteiger partial charge in [0.05, 0.1) is 12.8 Å². The highest BCUT2D eigenvalue weighted by Crippen LogP contribution is 2.30. The van der Waals surface area contributed by atoms with Crippen LogP contribution in [0.5, 0.6) is 5.75 Å². The van der Waals surface area contributed by atoms with Crippen LogP contribution in [0.15, 0.2) is 28.9 Å². The van der Waals surface area contributed by atoms with Gasteiger partial charge in [-0.3, -0.25) is 4.79 Å². The number of hydrogen-bond acceptors (Lipinski definition) is 8. The number of amides is 1. The first-order valence-electron chi connectivity index (χ1n) is 9.40. The number of rotatable bonds is 6. The molecule has 0 unspecified atom stereocenters. The first kappa shape index (κ1) is 19.5. The number of aromatic nitrogens is 6. The first-order chi connectivity index (χ1) is 14.5. The smallest absolute Gasteiger partial charge is 0.252 e. The van der Waals surface area contributed by atoms with Gasteiger partial charge in [0.1, 0.15) is 12.1 Å². The summed E-state index contributed by atoms with van der Waals surface area (Å²) in [5.74, 6) is 1.79. The van der Waals surface area contributed by atoms with Crippen LogP contribution in [0, 0.1) is 20.8 Å². The van der Waals surface area contributed by atoms with E-state index in [0.29, 0.717) is 41.0 Å². The lowest BCUT2D eigenvalue weighted by atomic mass is 10.1. The second-order valence-electron chi connectivity index (χ2n) is 6.82. The third kappa shape index (κ3) is 3.71. The predicted octanol–water partition coefficient (Wildman–Crippen LogP) is 2.68. The maximum absolute atomic E-state index is 12.7. The quantitative estimate of drug-likeness (QED) is 0.518. The van der Waals surface area contributed by atoms with Gasteiger partial charge in [-0.1, -0.05) is 0 Å². The molecule has 0 bridgehead atoms. The average molecular weight is 407 g/mol. The molecule has 0 spiro atoms. The summed E-state index contributed by atoms with van der Waals surface area (Å²) < 4.78 is 12.5. The Morgan fingerprint density at radius 1 is 1.23 bits per heavy atom. The van der Waals surface area contributed by atoms with Crippen LogP contribution < -0.4 is 10.1 Å². The molecule has 0 radical (unpaired) electrons. The van der Waals surface area contributed by atoms with E-state index >= 15 is 0 Å². The zero-order valence-corrected chi connectivity index (χ0v) is 17.1. The van der Waals surface area contributed by atoms with Crippen LogP contribution in [0.1, 0.15) is 29.3 Å². The number of nitrogens with zero attached hydrogens (tertiary/aromatic N) is 6. The zero-order valence-electron chi connectivity index (χ0n) is 17.1. The van der Waals surface area contributed by atoms with E-state index in [1.54, 1.807) is 36.7 Å². The van der Waals surface area contributed by atoms with Crippen LogP contribution in [0.2, 0.25) is 0 Å². The van der Waals surface area contributed by atoms with Crippen molar-refractivity contribution in [2.24, 2.45) is 0 Å². The minimum atomic E-state index is -0.148. The fourth-order valence-electron chi connectivity index (χ4n) is 3.32. The van der Waals surface area contributed by atoms with Gasteiger partial charge in [0.15, 0.2) is 0 Å². The molecule has 0 atom stereocenters. The van der Waals surface area contributed by atoms with E-state index in [1.807, 2.05) is 13.8 Å². The molecule has 10 heteroatoms. The van der Waals surface area contributed by atoms with Crippen LogP contribution >= 0.6 is 0 Å². The van der Waals surface area contributed by atoms with Crippen LogP contribution in [0.3, 0.4) is 0 Å². The Hall–Kier alpha value is -3.82. The second kappa shape index (κ2) is 7.90. The Kier molecular flexibility index (Phi) is 5.13. The standard InChI is InChI=1S/C20H21N7O3/c1-11-15(12(2)27-20(23-11)21-10-22-27)6-8-18(28)24-16-9-14(5-7-17(16)29-4)19-26-25-13(3)30-19/h5,7,9-10H,6,8H2,1-4H3,(H,24,28). The minimum Gasteiger partial charge on any atom is -0.495 e. The molecule has 0 aliphatic rings. The van der Waals surface area contributed by atoms with Gasteiger partial charge in [0, 0.05) is 30.3 Å². The summed E-state index contributed by atoms with van der Waals surface area (Å²) in [6.07, 6.45) is 2.27. The Labute approximate surface area is 172 Å². The molecule has 30 heavy (non-hydrogen) atoms. The molecule has 4 aromatic rings. The number of carbonyl (C=O) groups excluding carboxylic acids is 1. The van der Waals surface area contributed by atoms with E-state index in [-0.39, 0.29) is 12.3 Å². The number of nitrogens with one attached hydrogen (secondary N) is 1. The molecule has 3 aromatic heterocycles. The first-order valence-corrected chi connectivity index (χ1v) is 9.40. The van der Waals surface area contributed by atoms with Gasteiger partial charge >= 0.3 is 0 Å². The van der Waals surface area contributed by atoms with Crippen molar-refractivity contribution in [1.29, 1.82) is 0 Å². The highest BCUT2D eigenvalue weighted by molar-refractivity contribution is 5.93. The lowest BCUT2D eigenvalue weighted by Crippen LogP contribution is -2.15. The molecule has 0 fully saturated rings. The molecule has 3 heterocycles. The topological polar surface area (TPSA) is 120 Å². The third-order valence-corrected chi connectivity index (χ3v) is 4.84. The minimum absolute atomic E-state index is 0.148. The van der Waals surface area contributed by atoms with Gasteiger partial charge in [-0.2, -0.15) is 10.1 Å². The van der Waals surface area contributed by atoms with E-state index in [1.165, 1.54) is 6.33 Å². The molecule has 1 amide bonds. The normalized spacial score (nSPS) is 11.1. The number of methoxy groups -OCH3 is 1. The fraction of sp³-hybridized carbons (Fsp3) is 0.300. The lowest BCUT2D eigenvalue weighted by Gasteiger charge is -2.13. The molecule has 10 nitrogen and oxygen atoms in total. The van der Waals surface area contributed by atoms with E-state index in [2.05, 4.69) is 30.6 Å². The maximum Gasteiger partial charge on any atom is 0.252 e. The van der Waals surface area contributed by atoms with Gasteiger partial charge in [0.2, 0.25) is 17.7 Å². The monoisotopic (exact) mass is 407 g/mol. The summed E-state index contributed by atoms with van der Waals surface area (Å²) in [4.78, 5) is 21.2. The van der Waals surface area contributed by atoms with Crippen molar-refractivity contribution in [1.82, 2.24) is 29.8 Å². The fourth-order valence-corrected chi connectivity index (χ4v) is 3.32. The van der Waals surface area contributed by atoms with E-state index < -0.39 is 0 Å². The van der Waals surface area contributed by atoms with Gasteiger partial charge in [-0.05, 0) is 44.0 Å². The molecular formula is C20H21N7O3. The molecule has 0 aliphatic carbocycles. The van der Waals surface area contributed by atoms with Crippen LogP contribution in [-0.4, -0.2) is 42.8 Å². The van der Waals surface area contributed by atoms with Crippen molar-refractivity contribution in [3.8, 4) is 17.2 Å². The van der Waals surface area contributed by atoms with Crippen molar-refractivity contribution >= 4 is 17.4 Å². The Morgan fingerprint density at radius 3 is 2.80 bits per heavy atom. The summed E-state index contributed by atoms with van der Waals surface area (Å²) in [5.41, 5.74) is 3.97. The van der Waals surface area contributed by atoms with Crippen LogP contribution in [0.25, 0.3) is 17.2 Å². The predicted molar refractivity (Wildman–Crippen MR) is 108 cm³/mol. The summed E-state index contributed by atoms with van der Waals surface area (Å²) in [5, 5.41) is 15.0. The molecular weight excluding hydrogens is 386 g/mol. The summed E-state index contributed by atoms with van der Waals surface area (Å²) in [7, 11) is 1.55. The van der Waals surface area contributed by atoms with Crippen LogP contribution in [0.4, 0.5) is 5.69 Å². The van der Waals surface area contributed by atoms with E-state index in [4.69, 9.17) is 9.15 Å². The number of fused-ring (bicyclic) bond motifs is 1. The van der Waals surface area contributed by atoms with Gasteiger partial charge in [-0.25, -0.2) is 9.50 Å². The van der Waals surface area contributed by atoms with E-state index in [0.717, 1.165) is 17.0 Å². The molecule has 154 valence electrons. The second-order valence-corrected chi connectivity index (χ2v) is 6.82. The Balaban J connectivity index is 1.51. The van der Waals surface area contributed by atoms with Gasteiger partial charge in [-0.15, -0.1) is 10.2 Å². The van der Waals surface area contributed by atoms with Crippen molar-refractivity contribution < 1.29 is 13.9 Å². The van der Waals surface area contributed by atoms with Crippen LogP contribution in [-0.2, 0) is 11.2 Å². The van der Waals surface area contributed by atoms with Crippen molar-refractivity contribution in [2.75, 3.05) is 12.4 Å². The van der Waals surface area contributed by atoms with Crippen molar-refractivity contribution in [3.63, 3.8) is 0 Å². The number of carbonyl (C=O) groups is 1. The molecule has 1 aromatic carbocycles. The van der Waals surface area contributed by atoms with Gasteiger partial charge in [0.25, 0.3) is 5.78 Å². The zero-order chi connectivity index (χ0) is 21.3.